The lowest BCUT2D eigenvalue weighted by molar-refractivity contribution is 0.0942. The topological polar surface area (TPSA) is 216 Å². The van der Waals surface area contributed by atoms with Crippen LogP contribution in [0.15, 0.2) is 48.5 Å². The van der Waals surface area contributed by atoms with Crippen molar-refractivity contribution in [1.29, 1.82) is 0 Å². The highest BCUT2D eigenvalue weighted by Crippen LogP contribution is 2.42. The van der Waals surface area contributed by atoms with Crippen LogP contribution in [0.5, 0.6) is 11.5 Å². The Morgan fingerprint density at radius 3 is 1.56 bits per heavy atom. The zero-order chi connectivity index (χ0) is 35.1. The van der Waals surface area contributed by atoms with Crippen LogP contribution >= 0.6 is 0 Å². The molecule has 1 amide bonds. The maximum atomic E-state index is 13.4. The van der Waals surface area contributed by atoms with Gasteiger partial charge >= 0.3 is 0 Å². The molecule has 11 N–H and O–H groups in total. The van der Waals surface area contributed by atoms with Crippen molar-refractivity contribution in [2.45, 2.75) is 26.4 Å². The number of aliphatic hydroxyl groups excluding tert-OH is 2. The number of rotatable bonds is 17. The van der Waals surface area contributed by atoms with Crippen molar-refractivity contribution >= 4 is 28.8 Å². The number of phenolic OH excluding ortho intramolecular Hbond substituents is 2. The van der Waals surface area contributed by atoms with Crippen LogP contribution in [0.4, 0.5) is 11.4 Å². The van der Waals surface area contributed by atoms with E-state index in [-0.39, 0.29) is 58.9 Å². The smallest absolute Gasteiger partial charge is 0.251 e. The van der Waals surface area contributed by atoms with E-state index in [0.717, 1.165) is 12.1 Å². The first kappa shape index (κ1) is 37.9. The third kappa shape index (κ3) is 10.2. The number of ketones is 2. The van der Waals surface area contributed by atoms with Gasteiger partial charge in [0.05, 0.1) is 35.5 Å². The summed E-state index contributed by atoms with van der Waals surface area (Å²) in [4.78, 5) is 38.4. The molecule has 4 rings (SSSR count). The van der Waals surface area contributed by atoms with Gasteiger partial charge in [-0.3, -0.25) is 25.2 Å². The van der Waals surface area contributed by atoms with E-state index in [1.54, 1.807) is 12.1 Å². The fourth-order valence-electron chi connectivity index (χ4n) is 4.95. The lowest BCUT2D eigenvalue weighted by atomic mass is 9.81. The molecular weight excluding hydrogens is 618 g/mol. The normalized spacial score (nSPS) is 11.8. The molecule has 0 aliphatic heterocycles. The number of hydrazine groups is 1. The molecule has 0 radical (unpaired) electrons. The average Bonchev–Trinajstić information content (AvgIpc) is 3.07. The maximum Gasteiger partial charge on any atom is 0.251 e. The van der Waals surface area contributed by atoms with E-state index in [9.17, 15) is 24.6 Å². The predicted octanol–water partition coefficient (Wildman–Crippen LogP) is 0.910. The van der Waals surface area contributed by atoms with E-state index in [0.29, 0.717) is 56.2 Å². The number of carbonyl (C=O) groups excluding carboxylic acids is 3. The summed E-state index contributed by atoms with van der Waals surface area (Å²) in [5.41, 5.74) is 8.35. The molecule has 0 fully saturated rings. The number of hydrogen-bond donors (Lipinski definition) is 11. The van der Waals surface area contributed by atoms with Crippen LogP contribution in [0.1, 0.15) is 61.6 Å². The average molecular weight is 666 g/mol. The van der Waals surface area contributed by atoms with Crippen LogP contribution in [-0.4, -0.2) is 103 Å². The zero-order valence-electron chi connectivity index (χ0n) is 27.6. The second-order valence-electron chi connectivity index (χ2n) is 11.2. The van der Waals surface area contributed by atoms with Gasteiger partial charge in [0.2, 0.25) is 11.6 Å². The highest BCUT2D eigenvalue weighted by Gasteiger charge is 2.37. The van der Waals surface area contributed by atoms with Crippen LogP contribution in [0, 0.1) is 0 Å². The minimum atomic E-state index is -0.559. The van der Waals surface area contributed by atoms with Crippen molar-refractivity contribution in [3.8, 4) is 11.5 Å². The monoisotopic (exact) mass is 665 g/mol. The van der Waals surface area contributed by atoms with Crippen molar-refractivity contribution in [2.75, 3.05) is 70.2 Å². The van der Waals surface area contributed by atoms with Gasteiger partial charge in [0, 0.05) is 68.8 Å². The third-order valence-electron chi connectivity index (χ3n) is 7.19. The molecule has 14 heteroatoms. The standard InChI is InChI=1S/C22H28N4O6.C12H19N3O/c27-11-9-23-5-7-25-13-1-2-14(26-8-6-24-10-12-28)18-17(13)21(31)19-15(29)3-4-16(30)20(19)22(18)32;1-9(2)15-12(16)11-6-4-10(5-7-11)8-14-13-3/h1-4,23-30H,5-12H2;4-7,9,13-14H,8H2,1-3H3,(H,15,16). The van der Waals surface area contributed by atoms with Crippen molar-refractivity contribution in [1.82, 2.24) is 26.8 Å². The highest BCUT2D eigenvalue weighted by atomic mass is 16.3. The minimum Gasteiger partial charge on any atom is -0.507 e. The summed E-state index contributed by atoms with van der Waals surface area (Å²) in [5.74, 6) is -1.89. The van der Waals surface area contributed by atoms with Crippen LogP contribution in [0.2, 0.25) is 0 Å². The molecule has 1 aliphatic carbocycles. The molecule has 3 aromatic rings. The molecule has 0 saturated carbocycles. The number of anilines is 2. The number of fused-ring (bicyclic) bond motifs is 2. The number of hydrogen-bond acceptors (Lipinski definition) is 13. The van der Waals surface area contributed by atoms with Crippen LogP contribution in [0.25, 0.3) is 0 Å². The van der Waals surface area contributed by atoms with Gasteiger partial charge in [-0.1, -0.05) is 12.1 Å². The summed E-state index contributed by atoms with van der Waals surface area (Å²) in [5, 5.41) is 53.4. The first-order chi connectivity index (χ1) is 23.1. The van der Waals surface area contributed by atoms with Gasteiger partial charge in [-0.05, 0) is 62.9 Å². The van der Waals surface area contributed by atoms with Crippen molar-refractivity contribution in [3.63, 3.8) is 0 Å². The molecule has 0 saturated heterocycles. The fraction of sp³-hybridized carbons (Fsp3) is 0.382. The lowest BCUT2D eigenvalue weighted by Gasteiger charge is -2.25. The van der Waals surface area contributed by atoms with E-state index in [2.05, 4.69) is 37.4 Å². The van der Waals surface area contributed by atoms with E-state index >= 15 is 0 Å². The molecule has 260 valence electrons. The number of carbonyl (C=O) groups is 3. The van der Waals surface area contributed by atoms with Gasteiger partial charge in [0.25, 0.3) is 5.91 Å². The first-order valence-corrected chi connectivity index (χ1v) is 15.9. The minimum absolute atomic E-state index is 0.00939. The van der Waals surface area contributed by atoms with Crippen molar-refractivity contribution in [2.24, 2.45) is 0 Å². The van der Waals surface area contributed by atoms with Gasteiger partial charge in [0.15, 0.2) is 0 Å². The van der Waals surface area contributed by atoms with E-state index in [4.69, 9.17) is 10.2 Å². The Morgan fingerprint density at radius 1 is 0.667 bits per heavy atom. The molecular formula is C34H47N7O7. The second-order valence-corrected chi connectivity index (χ2v) is 11.2. The number of aromatic hydroxyl groups is 2. The molecule has 0 unspecified atom stereocenters. The van der Waals surface area contributed by atoms with Gasteiger partial charge in [-0.25, -0.2) is 0 Å². The van der Waals surface area contributed by atoms with Gasteiger partial charge < -0.3 is 47.0 Å². The number of phenols is 2. The Kier molecular flexibility index (Phi) is 15.2. The summed E-state index contributed by atoms with van der Waals surface area (Å²) in [6, 6.07) is 13.5. The van der Waals surface area contributed by atoms with E-state index in [1.807, 2.05) is 45.2 Å². The van der Waals surface area contributed by atoms with E-state index in [1.165, 1.54) is 12.1 Å². The Labute approximate surface area is 280 Å². The molecule has 48 heavy (non-hydrogen) atoms. The highest BCUT2D eigenvalue weighted by molar-refractivity contribution is 6.33. The fourth-order valence-corrected chi connectivity index (χ4v) is 4.95. The zero-order valence-corrected chi connectivity index (χ0v) is 27.6. The Morgan fingerprint density at radius 2 is 1.15 bits per heavy atom. The Bertz CT molecular complexity index is 1450. The molecule has 0 heterocycles. The molecule has 0 spiro atoms. The molecule has 14 nitrogen and oxygen atoms in total. The summed E-state index contributed by atoms with van der Waals surface area (Å²) < 4.78 is 0. The quantitative estimate of drug-likeness (QED) is 0.0430. The first-order valence-electron chi connectivity index (χ1n) is 15.9. The van der Waals surface area contributed by atoms with Crippen molar-refractivity contribution < 1.29 is 34.8 Å². The summed E-state index contributed by atoms with van der Waals surface area (Å²) >= 11 is 0. The predicted molar refractivity (Wildman–Crippen MR) is 185 cm³/mol. The molecule has 1 aliphatic rings. The number of benzene rings is 3. The van der Waals surface area contributed by atoms with Gasteiger partial charge in [0.1, 0.15) is 11.5 Å². The maximum absolute atomic E-state index is 13.4. The number of nitrogens with one attached hydrogen (secondary N) is 7. The summed E-state index contributed by atoms with van der Waals surface area (Å²) in [7, 11) is 1.82. The summed E-state index contributed by atoms with van der Waals surface area (Å²) in [6.45, 7) is 7.44. The van der Waals surface area contributed by atoms with Crippen molar-refractivity contribution in [3.05, 3.63) is 81.9 Å². The second kappa shape index (κ2) is 19.3. The summed E-state index contributed by atoms with van der Waals surface area (Å²) in [6.07, 6.45) is 0. The number of amides is 1. The van der Waals surface area contributed by atoms with Gasteiger partial charge in [-0.15, -0.1) is 0 Å². The number of aliphatic hydroxyl groups is 2. The molecule has 0 aromatic heterocycles. The van der Waals surface area contributed by atoms with Crippen LogP contribution < -0.4 is 37.4 Å². The molecule has 0 bridgehead atoms. The molecule has 3 aromatic carbocycles. The Hall–Kier alpha value is -4.57. The largest absolute Gasteiger partial charge is 0.507 e. The van der Waals surface area contributed by atoms with E-state index < -0.39 is 11.6 Å². The van der Waals surface area contributed by atoms with Gasteiger partial charge in [-0.2, -0.15) is 0 Å². The lowest BCUT2D eigenvalue weighted by Crippen LogP contribution is -2.30. The Balaban J connectivity index is 0.000000328. The molecule has 0 atom stereocenters. The SMILES string of the molecule is CNNCc1ccc(C(=O)NC(C)C)cc1.O=C1c2c(O)ccc(O)c2C(=O)c2c(NCCNCCO)ccc(NCCNCCO)c21. The third-order valence-corrected chi connectivity index (χ3v) is 7.19. The van der Waals surface area contributed by atoms with Crippen LogP contribution in [-0.2, 0) is 6.54 Å². The van der Waals surface area contributed by atoms with Crippen LogP contribution in [0.3, 0.4) is 0 Å².